The van der Waals surface area contributed by atoms with Gasteiger partial charge in [0.1, 0.15) is 5.82 Å². The number of hydrogen-bond donors (Lipinski definition) is 1. The number of amides is 1. The quantitative estimate of drug-likeness (QED) is 0.330. The third kappa shape index (κ3) is 6.37. The zero-order valence-electron chi connectivity index (χ0n) is 21.7. The molecule has 3 aromatic carbocycles. The molecule has 1 aromatic heterocycles. The van der Waals surface area contributed by atoms with Crippen LogP contribution in [0.25, 0.3) is 16.8 Å². The number of rotatable bonds is 7. The Hall–Kier alpha value is -3.98. The molecular formula is C30H30F3N5O. The van der Waals surface area contributed by atoms with Gasteiger partial charge in [-0.3, -0.25) is 9.69 Å². The summed E-state index contributed by atoms with van der Waals surface area (Å²) in [5.41, 5.74) is 11.7. The molecule has 2 N–H and O–H groups in total. The number of piperidine rings is 1. The summed E-state index contributed by atoms with van der Waals surface area (Å²) in [5.74, 6) is -1.24. The SMILES string of the molecule is Cc1nc(C(N)=O)nn1-c1ccc(Cc2ccc(-c3ccc(CN4CCC(C(F)(F)F)CC4)cc3)cc2)cc1. The molecule has 9 heteroatoms. The van der Waals surface area contributed by atoms with Crippen LogP contribution in [-0.2, 0) is 13.0 Å². The summed E-state index contributed by atoms with van der Waals surface area (Å²) in [7, 11) is 0. The van der Waals surface area contributed by atoms with Gasteiger partial charge in [0, 0.05) is 6.54 Å². The number of likely N-dealkylation sites (tertiary alicyclic amines) is 1. The van der Waals surface area contributed by atoms with Crippen molar-refractivity contribution in [2.75, 3.05) is 13.1 Å². The summed E-state index contributed by atoms with van der Waals surface area (Å²) >= 11 is 0. The summed E-state index contributed by atoms with van der Waals surface area (Å²) in [6, 6.07) is 24.6. The van der Waals surface area contributed by atoms with Gasteiger partial charge in [0.2, 0.25) is 5.82 Å². The largest absolute Gasteiger partial charge is 0.391 e. The summed E-state index contributed by atoms with van der Waals surface area (Å²) in [4.78, 5) is 17.5. The number of carbonyl (C=O) groups excluding carboxylic acids is 1. The highest BCUT2D eigenvalue weighted by Gasteiger charge is 2.40. The van der Waals surface area contributed by atoms with Gasteiger partial charge in [0.05, 0.1) is 11.6 Å². The third-order valence-corrected chi connectivity index (χ3v) is 7.28. The van der Waals surface area contributed by atoms with Gasteiger partial charge in [-0.15, -0.1) is 5.10 Å². The van der Waals surface area contributed by atoms with Crippen LogP contribution in [0.1, 0.15) is 46.0 Å². The van der Waals surface area contributed by atoms with Crippen molar-refractivity contribution < 1.29 is 18.0 Å². The van der Waals surface area contributed by atoms with Crippen molar-refractivity contribution in [2.45, 2.75) is 38.9 Å². The molecule has 0 spiro atoms. The van der Waals surface area contributed by atoms with Crippen LogP contribution in [0.3, 0.4) is 0 Å². The Labute approximate surface area is 225 Å². The number of aromatic nitrogens is 3. The van der Waals surface area contributed by atoms with E-state index in [-0.39, 0.29) is 18.7 Å². The minimum Gasteiger partial charge on any atom is -0.363 e. The molecule has 2 heterocycles. The van der Waals surface area contributed by atoms with Crippen LogP contribution in [0.5, 0.6) is 0 Å². The zero-order chi connectivity index (χ0) is 27.6. The van der Waals surface area contributed by atoms with Crippen molar-refractivity contribution in [3.63, 3.8) is 0 Å². The highest BCUT2D eigenvalue weighted by Crippen LogP contribution is 2.34. The normalized spacial score (nSPS) is 15.0. The van der Waals surface area contributed by atoms with E-state index in [4.69, 9.17) is 5.73 Å². The standard InChI is InChI=1S/C30H30F3N5O/c1-20-35-29(28(34)39)36-38(20)27-12-6-22(7-13-27)18-21-2-8-24(9-3-21)25-10-4-23(5-11-25)19-37-16-14-26(15-17-37)30(31,32)33/h2-13,26H,14-19H2,1H3,(H2,34,39). The Morgan fingerprint density at radius 3 is 1.87 bits per heavy atom. The fourth-order valence-electron chi connectivity index (χ4n) is 5.02. The maximum atomic E-state index is 12.9. The Kier molecular flexibility index (Phi) is 7.52. The van der Waals surface area contributed by atoms with E-state index in [9.17, 15) is 18.0 Å². The summed E-state index contributed by atoms with van der Waals surface area (Å²) < 4.78 is 40.3. The molecule has 4 aromatic rings. The fourth-order valence-corrected chi connectivity index (χ4v) is 5.02. The number of aryl methyl sites for hydroxylation is 1. The van der Waals surface area contributed by atoms with Gasteiger partial charge < -0.3 is 5.73 Å². The van der Waals surface area contributed by atoms with Gasteiger partial charge in [0.15, 0.2) is 0 Å². The molecule has 1 fully saturated rings. The minimum absolute atomic E-state index is 0.00384. The predicted octanol–water partition coefficient (Wildman–Crippen LogP) is 5.71. The first-order valence-electron chi connectivity index (χ1n) is 13.0. The second-order valence-corrected chi connectivity index (χ2v) is 10.1. The molecule has 1 amide bonds. The topological polar surface area (TPSA) is 77.0 Å². The number of alkyl halides is 3. The van der Waals surface area contributed by atoms with Gasteiger partial charge >= 0.3 is 6.18 Å². The Bertz CT molecular complexity index is 1420. The van der Waals surface area contributed by atoms with Crippen LogP contribution in [0.4, 0.5) is 13.2 Å². The van der Waals surface area contributed by atoms with Crippen molar-refractivity contribution in [3.05, 3.63) is 101 Å². The Morgan fingerprint density at radius 1 is 0.872 bits per heavy atom. The fraction of sp³-hybridized carbons (Fsp3) is 0.300. The van der Waals surface area contributed by atoms with Crippen LogP contribution in [0.2, 0.25) is 0 Å². The van der Waals surface area contributed by atoms with E-state index in [0.29, 0.717) is 25.5 Å². The molecule has 0 bridgehead atoms. The number of carbonyl (C=O) groups is 1. The average molecular weight is 534 g/mol. The first kappa shape index (κ1) is 26.6. The zero-order valence-corrected chi connectivity index (χ0v) is 21.7. The molecule has 1 saturated heterocycles. The van der Waals surface area contributed by atoms with Crippen molar-refractivity contribution in [1.29, 1.82) is 0 Å². The molecule has 1 aliphatic heterocycles. The lowest BCUT2D eigenvalue weighted by molar-refractivity contribution is -0.185. The molecule has 5 rings (SSSR count). The van der Waals surface area contributed by atoms with E-state index in [1.807, 2.05) is 24.3 Å². The van der Waals surface area contributed by atoms with Crippen molar-refractivity contribution >= 4 is 5.91 Å². The van der Waals surface area contributed by atoms with Crippen LogP contribution in [0.15, 0.2) is 72.8 Å². The smallest absolute Gasteiger partial charge is 0.363 e. The minimum atomic E-state index is -4.08. The average Bonchev–Trinajstić information content (AvgIpc) is 3.32. The highest BCUT2D eigenvalue weighted by atomic mass is 19.4. The van der Waals surface area contributed by atoms with E-state index in [1.165, 1.54) is 5.56 Å². The molecular weight excluding hydrogens is 503 g/mol. The van der Waals surface area contributed by atoms with Gasteiger partial charge in [-0.05, 0) is 79.2 Å². The molecule has 39 heavy (non-hydrogen) atoms. The number of primary amides is 1. The number of benzene rings is 3. The molecule has 0 aliphatic carbocycles. The predicted molar refractivity (Wildman–Crippen MR) is 143 cm³/mol. The van der Waals surface area contributed by atoms with E-state index in [0.717, 1.165) is 34.4 Å². The second kappa shape index (κ2) is 11.0. The first-order valence-corrected chi connectivity index (χ1v) is 13.0. The lowest BCUT2D eigenvalue weighted by Gasteiger charge is -2.32. The van der Waals surface area contributed by atoms with Crippen LogP contribution < -0.4 is 5.73 Å². The maximum absolute atomic E-state index is 12.9. The van der Waals surface area contributed by atoms with Gasteiger partial charge in [-0.1, -0.05) is 60.7 Å². The maximum Gasteiger partial charge on any atom is 0.391 e. The summed E-state index contributed by atoms with van der Waals surface area (Å²) in [6.45, 7) is 3.40. The first-order chi connectivity index (χ1) is 18.7. The van der Waals surface area contributed by atoms with E-state index in [1.54, 1.807) is 11.6 Å². The van der Waals surface area contributed by atoms with Crippen LogP contribution >= 0.6 is 0 Å². The number of nitrogens with two attached hydrogens (primary N) is 1. The molecule has 0 radical (unpaired) electrons. The molecule has 0 atom stereocenters. The number of nitrogens with zero attached hydrogens (tertiary/aromatic N) is 4. The highest BCUT2D eigenvalue weighted by molar-refractivity contribution is 5.88. The van der Waals surface area contributed by atoms with Crippen LogP contribution in [-0.4, -0.2) is 44.8 Å². The number of halogens is 3. The van der Waals surface area contributed by atoms with Crippen molar-refractivity contribution in [1.82, 2.24) is 19.7 Å². The molecule has 1 aliphatic rings. The molecule has 202 valence electrons. The van der Waals surface area contributed by atoms with Gasteiger partial charge in [-0.25, -0.2) is 9.67 Å². The Balaban J connectivity index is 1.17. The summed E-state index contributed by atoms with van der Waals surface area (Å²) in [6.07, 6.45) is -2.95. The van der Waals surface area contributed by atoms with Crippen LogP contribution in [0, 0.1) is 12.8 Å². The van der Waals surface area contributed by atoms with Gasteiger partial charge in [0.25, 0.3) is 5.91 Å². The summed E-state index contributed by atoms with van der Waals surface area (Å²) in [5, 5.41) is 4.17. The van der Waals surface area contributed by atoms with E-state index < -0.39 is 18.0 Å². The van der Waals surface area contributed by atoms with E-state index >= 15 is 0 Å². The molecule has 0 saturated carbocycles. The lowest BCUT2D eigenvalue weighted by Crippen LogP contribution is -2.38. The number of hydrogen-bond acceptors (Lipinski definition) is 4. The monoisotopic (exact) mass is 533 g/mol. The van der Waals surface area contributed by atoms with E-state index in [2.05, 4.69) is 63.5 Å². The van der Waals surface area contributed by atoms with Crippen molar-refractivity contribution in [3.8, 4) is 16.8 Å². The molecule has 6 nitrogen and oxygen atoms in total. The van der Waals surface area contributed by atoms with Gasteiger partial charge in [-0.2, -0.15) is 13.2 Å². The lowest BCUT2D eigenvalue weighted by atomic mass is 9.95. The molecule has 0 unspecified atom stereocenters. The second-order valence-electron chi connectivity index (χ2n) is 10.1. The van der Waals surface area contributed by atoms with Crippen molar-refractivity contribution in [2.24, 2.45) is 11.7 Å². The third-order valence-electron chi connectivity index (χ3n) is 7.28. The Morgan fingerprint density at radius 2 is 1.38 bits per heavy atom.